The van der Waals surface area contributed by atoms with Crippen LogP contribution >= 0.6 is 0 Å². The van der Waals surface area contributed by atoms with E-state index in [0.29, 0.717) is 0 Å². The lowest BCUT2D eigenvalue weighted by Gasteiger charge is -2.11. The standard InChI is InChI=1S/C42H25N5/c1-3-12-26(13-4-1)45-36-19-9-7-16-28(36)32-23-39-33(24-38(32)45)31-22-30-29-17-11-21-43-41(29)47-37-20-10-8-18-35(37)44-42(47)34(30)25-40(31)46(39)27-14-5-2-6-15-27/h1-25H. The van der Waals surface area contributed by atoms with Crippen molar-refractivity contribution in [1.29, 1.82) is 0 Å². The van der Waals surface area contributed by atoms with Gasteiger partial charge in [-0.25, -0.2) is 9.97 Å². The predicted octanol–water partition coefficient (Wildman–Crippen LogP) is 10.4. The first-order valence-corrected chi connectivity index (χ1v) is 15.9. The summed E-state index contributed by atoms with van der Waals surface area (Å²) in [6.07, 6.45) is 1.88. The highest BCUT2D eigenvalue weighted by Crippen LogP contribution is 2.42. The van der Waals surface area contributed by atoms with Gasteiger partial charge in [0.2, 0.25) is 0 Å². The second-order valence-corrected chi connectivity index (χ2v) is 12.3. The van der Waals surface area contributed by atoms with Crippen molar-refractivity contribution >= 4 is 82.1 Å². The molecule has 0 amide bonds. The molecule has 5 heterocycles. The molecule has 5 aromatic heterocycles. The Labute approximate surface area is 268 Å². The van der Waals surface area contributed by atoms with Crippen LogP contribution in [0.1, 0.15) is 0 Å². The van der Waals surface area contributed by atoms with E-state index in [1.807, 2.05) is 18.3 Å². The summed E-state index contributed by atoms with van der Waals surface area (Å²) in [5.74, 6) is 0. The van der Waals surface area contributed by atoms with Crippen LogP contribution in [0, 0.1) is 0 Å². The summed E-state index contributed by atoms with van der Waals surface area (Å²) in [6.45, 7) is 0. The smallest absolute Gasteiger partial charge is 0.147 e. The van der Waals surface area contributed by atoms with Crippen LogP contribution in [0.25, 0.3) is 93.5 Å². The summed E-state index contributed by atoms with van der Waals surface area (Å²) >= 11 is 0. The molecule has 11 rings (SSSR count). The van der Waals surface area contributed by atoms with Gasteiger partial charge in [0, 0.05) is 49.9 Å². The molecule has 5 nitrogen and oxygen atoms in total. The molecular formula is C42H25N5. The van der Waals surface area contributed by atoms with Crippen LogP contribution in [0.15, 0.2) is 152 Å². The fraction of sp³-hybridized carbons (Fsp3) is 0. The SMILES string of the molecule is c1ccc(-n2c3ccccc3c3cc4c(cc32)c2cc3c5cccnc5n5c6ccccc6nc5c3cc2n4-c2ccccc2)cc1. The maximum Gasteiger partial charge on any atom is 0.147 e. The Balaban J connectivity index is 1.38. The van der Waals surface area contributed by atoms with Gasteiger partial charge in [-0.3, -0.25) is 4.40 Å². The Morgan fingerprint density at radius 2 is 0.915 bits per heavy atom. The van der Waals surface area contributed by atoms with Gasteiger partial charge in [-0.15, -0.1) is 0 Å². The topological polar surface area (TPSA) is 40.1 Å². The van der Waals surface area contributed by atoms with Crippen molar-refractivity contribution in [2.24, 2.45) is 0 Å². The van der Waals surface area contributed by atoms with Crippen molar-refractivity contribution in [3.05, 3.63) is 152 Å². The third kappa shape index (κ3) is 3.27. The van der Waals surface area contributed by atoms with Crippen LogP contribution < -0.4 is 0 Å². The molecule has 0 aliphatic heterocycles. The molecule has 0 saturated heterocycles. The lowest BCUT2D eigenvalue weighted by atomic mass is 10.0. The summed E-state index contributed by atoms with van der Waals surface area (Å²) in [5, 5.41) is 8.26. The third-order valence-corrected chi connectivity index (χ3v) is 9.82. The van der Waals surface area contributed by atoms with Gasteiger partial charge < -0.3 is 9.13 Å². The van der Waals surface area contributed by atoms with Crippen molar-refractivity contribution in [3.8, 4) is 11.4 Å². The molecule has 0 aliphatic carbocycles. The van der Waals surface area contributed by atoms with Crippen LogP contribution in [0.2, 0.25) is 0 Å². The minimum atomic E-state index is 0.918. The van der Waals surface area contributed by atoms with Crippen LogP contribution in [-0.4, -0.2) is 23.5 Å². The Morgan fingerprint density at radius 1 is 0.362 bits per heavy atom. The number of hydrogen-bond acceptors (Lipinski definition) is 2. The number of nitrogens with zero attached hydrogens (tertiary/aromatic N) is 5. The Bertz CT molecular complexity index is 3060. The number of fused-ring (bicyclic) bond motifs is 14. The molecule has 218 valence electrons. The lowest BCUT2D eigenvalue weighted by molar-refractivity contribution is 1.17. The minimum absolute atomic E-state index is 0.918. The largest absolute Gasteiger partial charge is 0.309 e. The maximum atomic E-state index is 5.18. The van der Waals surface area contributed by atoms with E-state index >= 15 is 0 Å². The summed E-state index contributed by atoms with van der Waals surface area (Å²) in [6, 6.07) is 52.2. The van der Waals surface area contributed by atoms with E-state index in [9.17, 15) is 0 Å². The average molecular weight is 600 g/mol. The fourth-order valence-electron chi connectivity index (χ4n) is 7.85. The van der Waals surface area contributed by atoms with Crippen molar-refractivity contribution in [2.45, 2.75) is 0 Å². The van der Waals surface area contributed by atoms with Crippen LogP contribution in [0.5, 0.6) is 0 Å². The van der Waals surface area contributed by atoms with Gasteiger partial charge in [-0.05, 0) is 84.2 Å². The lowest BCUT2D eigenvalue weighted by Crippen LogP contribution is -1.96. The number of pyridine rings is 2. The zero-order chi connectivity index (χ0) is 30.6. The van der Waals surface area contributed by atoms with Crippen LogP contribution in [0.3, 0.4) is 0 Å². The van der Waals surface area contributed by atoms with Gasteiger partial charge >= 0.3 is 0 Å². The summed E-state index contributed by atoms with van der Waals surface area (Å²) < 4.78 is 7.04. The van der Waals surface area contributed by atoms with E-state index in [2.05, 4.69) is 147 Å². The molecule has 0 N–H and O–H groups in total. The Morgan fingerprint density at radius 3 is 1.66 bits per heavy atom. The molecule has 6 aromatic carbocycles. The molecule has 0 aliphatic rings. The monoisotopic (exact) mass is 599 g/mol. The average Bonchev–Trinajstić information content (AvgIpc) is 3.78. The quantitative estimate of drug-likeness (QED) is 0.186. The molecule has 11 aromatic rings. The first kappa shape index (κ1) is 24.8. The Hall–Kier alpha value is -6.46. The zero-order valence-electron chi connectivity index (χ0n) is 25.2. The zero-order valence-corrected chi connectivity index (χ0v) is 25.2. The number of hydrogen-bond donors (Lipinski definition) is 0. The minimum Gasteiger partial charge on any atom is -0.309 e. The second kappa shape index (κ2) is 9.05. The summed E-state index contributed by atoms with van der Waals surface area (Å²) in [4.78, 5) is 10.1. The highest BCUT2D eigenvalue weighted by molar-refractivity contribution is 6.24. The summed E-state index contributed by atoms with van der Waals surface area (Å²) in [7, 11) is 0. The van der Waals surface area contributed by atoms with Crippen LogP contribution in [0.4, 0.5) is 0 Å². The van der Waals surface area contributed by atoms with Crippen molar-refractivity contribution in [1.82, 2.24) is 23.5 Å². The molecular weight excluding hydrogens is 574 g/mol. The van der Waals surface area contributed by atoms with E-state index in [4.69, 9.17) is 9.97 Å². The molecule has 5 heteroatoms. The van der Waals surface area contributed by atoms with Crippen molar-refractivity contribution in [2.75, 3.05) is 0 Å². The molecule has 0 unspecified atom stereocenters. The van der Waals surface area contributed by atoms with Gasteiger partial charge in [0.1, 0.15) is 11.3 Å². The summed E-state index contributed by atoms with van der Waals surface area (Å²) in [5.41, 5.74) is 10.9. The van der Waals surface area contributed by atoms with Gasteiger partial charge in [0.25, 0.3) is 0 Å². The van der Waals surface area contributed by atoms with E-state index < -0.39 is 0 Å². The fourth-order valence-corrected chi connectivity index (χ4v) is 7.85. The van der Waals surface area contributed by atoms with E-state index in [0.717, 1.165) is 55.4 Å². The van der Waals surface area contributed by atoms with Crippen molar-refractivity contribution in [3.63, 3.8) is 0 Å². The normalized spacial score (nSPS) is 12.3. The number of aromatic nitrogens is 5. The van der Waals surface area contributed by atoms with E-state index in [-0.39, 0.29) is 0 Å². The number of imidazole rings is 1. The van der Waals surface area contributed by atoms with E-state index in [1.54, 1.807) is 0 Å². The molecule has 0 spiro atoms. The molecule has 0 bridgehead atoms. The van der Waals surface area contributed by atoms with Gasteiger partial charge in [0.05, 0.1) is 33.1 Å². The first-order chi connectivity index (χ1) is 23.3. The number of benzene rings is 6. The second-order valence-electron chi connectivity index (χ2n) is 12.3. The molecule has 0 fully saturated rings. The number of rotatable bonds is 2. The molecule has 47 heavy (non-hydrogen) atoms. The molecule has 0 atom stereocenters. The van der Waals surface area contributed by atoms with Crippen LogP contribution in [-0.2, 0) is 0 Å². The number of para-hydroxylation sites is 5. The molecule has 0 saturated carbocycles. The highest BCUT2D eigenvalue weighted by atomic mass is 15.1. The highest BCUT2D eigenvalue weighted by Gasteiger charge is 2.21. The predicted molar refractivity (Wildman–Crippen MR) is 194 cm³/mol. The van der Waals surface area contributed by atoms with Crippen molar-refractivity contribution < 1.29 is 0 Å². The van der Waals surface area contributed by atoms with Gasteiger partial charge in [0.15, 0.2) is 0 Å². The first-order valence-electron chi connectivity index (χ1n) is 15.9. The third-order valence-electron chi connectivity index (χ3n) is 9.82. The molecule has 0 radical (unpaired) electrons. The van der Waals surface area contributed by atoms with Gasteiger partial charge in [-0.1, -0.05) is 66.7 Å². The Kier molecular flexibility index (Phi) is 4.78. The maximum absolute atomic E-state index is 5.18. The van der Waals surface area contributed by atoms with Gasteiger partial charge in [-0.2, -0.15) is 0 Å². The van der Waals surface area contributed by atoms with E-state index in [1.165, 1.54) is 38.1 Å².